The molecule has 4 N–H and O–H groups in total. The predicted molar refractivity (Wildman–Crippen MR) is 102 cm³/mol. The first-order valence-corrected chi connectivity index (χ1v) is 8.55. The van der Waals surface area contributed by atoms with Gasteiger partial charge in [-0.05, 0) is 36.4 Å². The Kier molecular flexibility index (Phi) is 13.6. The molecule has 2 aromatic rings. The fourth-order valence-corrected chi connectivity index (χ4v) is 2.45. The zero-order valence-electron chi connectivity index (χ0n) is 13.1. The van der Waals surface area contributed by atoms with E-state index in [4.69, 9.17) is 67.3 Å². The van der Waals surface area contributed by atoms with Gasteiger partial charge in [-0.15, -0.1) is 0 Å². The third-order valence-electron chi connectivity index (χ3n) is 2.54. The quantitative estimate of drug-likeness (QED) is 0.602. The van der Waals surface area contributed by atoms with Crippen LogP contribution in [-0.4, -0.2) is 26.3 Å². The number of rotatable bonds is 6. The van der Waals surface area contributed by atoms with Gasteiger partial charge >= 0.3 is 0 Å². The Labute approximate surface area is 177 Å². The minimum atomic E-state index is 0. The molecule has 142 valence electrons. The summed E-state index contributed by atoms with van der Waals surface area (Å²) in [5, 5.41) is 2.21. The standard InChI is InChI=1S/2C8H9Cl2NO.Ni/c2*9-6-1-2-8(7(10)5-6)12-4-3-11;/h2*1-2,5H,3-4,11H2;. The number of ether oxygens (including phenoxy) is 2. The molecular weight excluding hydrogens is 453 g/mol. The van der Waals surface area contributed by atoms with Crippen molar-refractivity contribution in [2.45, 2.75) is 0 Å². The summed E-state index contributed by atoms with van der Waals surface area (Å²) >= 11 is 23.0. The van der Waals surface area contributed by atoms with Crippen molar-refractivity contribution < 1.29 is 26.0 Å². The van der Waals surface area contributed by atoms with Crippen molar-refractivity contribution in [3.8, 4) is 11.5 Å². The average Bonchev–Trinajstić information content (AvgIpc) is 2.54. The third-order valence-corrected chi connectivity index (χ3v) is 3.60. The van der Waals surface area contributed by atoms with Gasteiger partial charge in [-0.25, -0.2) is 0 Å². The molecule has 0 aliphatic heterocycles. The van der Waals surface area contributed by atoms with Gasteiger partial charge in [0, 0.05) is 39.6 Å². The van der Waals surface area contributed by atoms with E-state index in [9.17, 15) is 0 Å². The second kappa shape index (κ2) is 13.8. The zero-order valence-corrected chi connectivity index (χ0v) is 17.1. The maximum absolute atomic E-state index is 5.81. The van der Waals surface area contributed by atoms with Crippen molar-refractivity contribution in [1.82, 2.24) is 0 Å². The molecule has 0 aliphatic carbocycles. The van der Waals surface area contributed by atoms with Gasteiger partial charge in [-0.2, -0.15) is 0 Å². The molecular formula is C16H18Cl4N2NiO2. The molecule has 0 amide bonds. The van der Waals surface area contributed by atoms with Crippen LogP contribution in [0.15, 0.2) is 36.4 Å². The summed E-state index contributed by atoms with van der Waals surface area (Å²) in [4.78, 5) is 0. The van der Waals surface area contributed by atoms with Gasteiger partial charge in [0.25, 0.3) is 0 Å². The molecule has 0 atom stereocenters. The second-order valence-corrected chi connectivity index (χ2v) is 6.11. The zero-order chi connectivity index (χ0) is 17.9. The normalized spacial score (nSPS) is 9.52. The Balaban J connectivity index is 0.000000443. The van der Waals surface area contributed by atoms with E-state index in [1.165, 1.54) is 0 Å². The molecule has 0 bridgehead atoms. The number of halogens is 4. The van der Waals surface area contributed by atoms with Crippen LogP contribution in [0, 0.1) is 0 Å². The maximum Gasteiger partial charge on any atom is 0.138 e. The predicted octanol–water partition coefficient (Wildman–Crippen LogP) is 4.66. The smallest absolute Gasteiger partial charge is 0.138 e. The van der Waals surface area contributed by atoms with Crippen LogP contribution in [0.5, 0.6) is 11.5 Å². The Morgan fingerprint density at radius 3 is 1.32 bits per heavy atom. The summed E-state index contributed by atoms with van der Waals surface area (Å²) in [5.74, 6) is 1.23. The molecule has 0 spiro atoms. The van der Waals surface area contributed by atoms with Crippen molar-refractivity contribution in [3.05, 3.63) is 56.5 Å². The molecule has 2 aromatic carbocycles. The fraction of sp³-hybridized carbons (Fsp3) is 0.250. The fourth-order valence-electron chi connectivity index (χ4n) is 1.52. The molecule has 0 saturated heterocycles. The average molecular weight is 471 g/mol. The molecule has 9 heteroatoms. The largest absolute Gasteiger partial charge is 0.491 e. The number of benzene rings is 2. The topological polar surface area (TPSA) is 70.5 Å². The summed E-state index contributed by atoms with van der Waals surface area (Å²) in [7, 11) is 0. The molecule has 2 rings (SSSR count). The minimum absolute atomic E-state index is 0. The van der Waals surface area contributed by atoms with Crippen molar-refractivity contribution >= 4 is 46.4 Å². The third kappa shape index (κ3) is 9.76. The Morgan fingerprint density at radius 1 is 0.680 bits per heavy atom. The van der Waals surface area contributed by atoms with Crippen molar-refractivity contribution in [1.29, 1.82) is 0 Å². The summed E-state index contributed by atoms with van der Waals surface area (Å²) in [6, 6.07) is 10.2. The van der Waals surface area contributed by atoms with Crippen molar-refractivity contribution in [2.24, 2.45) is 11.5 Å². The maximum atomic E-state index is 5.81. The van der Waals surface area contributed by atoms with Gasteiger partial charge < -0.3 is 20.9 Å². The Morgan fingerprint density at radius 2 is 1.04 bits per heavy atom. The van der Waals surface area contributed by atoms with Gasteiger partial charge in [0.1, 0.15) is 24.7 Å². The van der Waals surface area contributed by atoms with Crippen LogP contribution >= 0.6 is 46.4 Å². The van der Waals surface area contributed by atoms with E-state index in [0.29, 0.717) is 57.9 Å². The molecule has 0 aliphatic rings. The van der Waals surface area contributed by atoms with Crippen LogP contribution in [0.4, 0.5) is 0 Å². The van der Waals surface area contributed by atoms with Crippen LogP contribution in [-0.2, 0) is 16.5 Å². The summed E-state index contributed by atoms with van der Waals surface area (Å²) in [5.41, 5.74) is 10.5. The van der Waals surface area contributed by atoms with Crippen LogP contribution in [0.25, 0.3) is 0 Å². The van der Waals surface area contributed by atoms with E-state index >= 15 is 0 Å². The summed E-state index contributed by atoms with van der Waals surface area (Å²) < 4.78 is 10.5. The van der Waals surface area contributed by atoms with Gasteiger partial charge in [-0.1, -0.05) is 46.4 Å². The first-order chi connectivity index (χ1) is 11.5. The van der Waals surface area contributed by atoms with Crippen molar-refractivity contribution in [2.75, 3.05) is 26.3 Å². The van der Waals surface area contributed by atoms with Gasteiger partial charge in [0.15, 0.2) is 0 Å². The number of hydrogen-bond donors (Lipinski definition) is 2. The monoisotopic (exact) mass is 468 g/mol. The molecule has 25 heavy (non-hydrogen) atoms. The molecule has 0 fully saturated rings. The SMILES string of the molecule is NCCOc1ccc(Cl)cc1Cl.NCCOc1ccc(Cl)cc1Cl.[Ni]. The van der Waals surface area contributed by atoms with E-state index in [1.807, 2.05) is 0 Å². The number of hydrogen-bond acceptors (Lipinski definition) is 4. The van der Waals surface area contributed by atoms with Gasteiger partial charge in [0.05, 0.1) is 10.0 Å². The van der Waals surface area contributed by atoms with Crippen molar-refractivity contribution in [3.63, 3.8) is 0 Å². The van der Waals surface area contributed by atoms with Crippen LogP contribution in [0.3, 0.4) is 0 Å². The summed E-state index contributed by atoms with van der Waals surface area (Å²) in [6.45, 7) is 1.86. The van der Waals surface area contributed by atoms with E-state index < -0.39 is 0 Å². The van der Waals surface area contributed by atoms with Crippen LogP contribution in [0.1, 0.15) is 0 Å². The molecule has 0 unspecified atom stereocenters. The molecule has 0 heterocycles. The van der Waals surface area contributed by atoms with Crippen LogP contribution < -0.4 is 20.9 Å². The Bertz CT molecular complexity index is 592. The van der Waals surface area contributed by atoms with Crippen LogP contribution in [0.2, 0.25) is 20.1 Å². The second-order valence-electron chi connectivity index (χ2n) is 4.42. The van der Waals surface area contributed by atoms with Gasteiger partial charge in [0.2, 0.25) is 0 Å². The van der Waals surface area contributed by atoms with E-state index in [-0.39, 0.29) is 16.5 Å². The Hall–Kier alpha value is -0.386. The minimum Gasteiger partial charge on any atom is -0.491 e. The molecule has 4 nitrogen and oxygen atoms in total. The number of nitrogens with two attached hydrogens (primary N) is 2. The van der Waals surface area contributed by atoms with E-state index in [0.717, 1.165) is 0 Å². The first kappa shape index (κ1) is 24.6. The molecule has 0 radical (unpaired) electrons. The first-order valence-electron chi connectivity index (χ1n) is 7.03. The van der Waals surface area contributed by atoms with Gasteiger partial charge in [-0.3, -0.25) is 0 Å². The summed E-state index contributed by atoms with van der Waals surface area (Å²) in [6.07, 6.45) is 0. The molecule has 0 saturated carbocycles. The molecule has 0 aromatic heterocycles. The van der Waals surface area contributed by atoms with E-state index in [2.05, 4.69) is 0 Å². The van der Waals surface area contributed by atoms with E-state index in [1.54, 1.807) is 36.4 Å².